The minimum Gasteiger partial charge on any atom is -0.444 e. The summed E-state index contributed by atoms with van der Waals surface area (Å²) >= 11 is 2.22. The monoisotopic (exact) mass is 892 g/mol. The van der Waals surface area contributed by atoms with Crippen LogP contribution < -0.4 is 16.0 Å². The number of anilines is 2. The number of carbonyl (C=O) groups is 4. The molecule has 0 atom stereocenters. The zero-order valence-electron chi connectivity index (χ0n) is 34.7. The Hall–Kier alpha value is -4.35. The second kappa shape index (κ2) is 20.7. The van der Waals surface area contributed by atoms with Gasteiger partial charge in [-0.25, -0.2) is 24.4 Å². The molecule has 0 radical (unpaired) electrons. The van der Waals surface area contributed by atoms with E-state index in [-0.39, 0.29) is 5.91 Å². The summed E-state index contributed by atoms with van der Waals surface area (Å²) in [6.45, 7) is 20.5. The minimum atomic E-state index is -0.679. The van der Waals surface area contributed by atoms with Crippen molar-refractivity contribution in [2.24, 2.45) is 0 Å². The van der Waals surface area contributed by atoms with E-state index in [0.29, 0.717) is 88.4 Å². The number of unbranched alkanes of at least 4 members (excludes halogenated alkanes) is 1. The Kier molecular flexibility index (Phi) is 17.0. The first-order valence-corrected chi connectivity index (χ1v) is 20.3. The first-order valence-electron chi connectivity index (χ1n) is 19.2. The Labute approximate surface area is 345 Å². The Bertz CT molecular complexity index is 1780. The second-order valence-electron chi connectivity index (χ2n) is 16.4. The van der Waals surface area contributed by atoms with Crippen molar-refractivity contribution in [3.05, 3.63) is 51.6 Å². The quantitative estimate of drug-likeness (QED) is 0.0688. The van der Waals surface area contributed by atoms with Crippen LogP contribution in [0.1, 0.15) is 111 Å². The number of aryl methyl sites for hydroxylation is 1. The number of hydrogen-bond acceptors (Lipinski definition) is 10. The molecule has 1 aromatic carbocycles. The molecule has 3 rings (SSSR count). The van der Waals surface area contributed by atoms with Crippen molar-refractivity contribution in [2.75, 3.05) is 44.6 Å². The molecule has 0 spiro atoms. The molecule has 15 nitrogen and oxygen atoms in total. The summed E-state index contributed by atoms with van der Waals surface area (Å²) in [5.74, 6) is 0.429. The number of nitrogens with zero attached hydrogens (tertiary/aromatic N) is 5. The normalized spacial score (nSPS) is 11.8. The summed E-state index contributed by atoms with van der Waals surface area (Å²) < 4.78 is 19.5. The number of ether oxygens (including phenoxy) is 3. The van der Waals surface area contributed by atoms with Crippen LogP contribution in [0.3, 0.4) is 0 Å². The molecule has 0 saturated heterocycles. The Morgan fingerprint density at radius 3 is 1.82 bits per heavy atom. The molecular formula is C40H61IN8O7. The van der Waals surface area contributed by atoms with E-state index in [1.54, 1.807) is 49.0 Å². The van der Waals surface area contributed by atoms with Crippen LogP contribution in [0.25, 0.3) is 5.65 Å². The van der Waals surface area contributed by atoms with Crippen LogP contribution in [0.4, 0.5) is 25.9 Å². The molecule has 310 valence electrons. The van der Waals surface area contributed by atoms with Crippen LogP contribution in [0, 0.1) is 3.70 Å². The third-order valence-corrected chi connectivity index (χ3v) is 8.75. The average molecular weight is 893 g/mol. The van der Waals surface area contributed by atoms with Gasteiger partial charge in [-0.2, -0.15) is 0 Å². The number of aromatic nitrogens is 3. The molecule has 0 saturated carbocycles. The lowest BCUT2D eigenvalue weighted by molar-refractivity contribution is 0.0207. The Balaban J connectivity index is 1.55. The molecule has 2 aromatic heterocycles. The SMILES string of the molecule is CCc1cc(Nc2nccn3c(I)cnc23)ccc1C(=O)NCCCN(CCCCN(CCCNC(=O)OC(C)(C)C)C(=O)OC(C)(C)C)C(=O)OC(C)(C)C. The van der Waals surface area contributed by atoms with Gasteiger partial charge in [-0.1, -0.05) is 6.92 Å². The second-order valence-corrected chi connectivity index (χ2v) is 17.5. The fourth-order valence-corrected chi connectivity index (χ4v) is 6.02. The van der Waals surface area contributed by atoms with Gasteiger partial charge in [0.15, 0.2) is 11.5 Å². The van der Waals surface area contributed by atoms with Gasteiger partial charge in [0.05, 0.1) is 6.20 Å². The zero-order chi connectivity index (χ0) is 41.7. The summed E-state index contributed by atoms with van der Waals surface area (Å²) in [5, 5.41) is 9.07. The number of alkyl carbamates (subject to hydrolysis) is 1. The number of halogens is 1. The van der Waals surface area contributed by atoms with Crippen LogP contribution in [0.5, 0.6) is 0 Å². The smallest absolute Gasteiger partial charge is 0.410 e. The third-order valence-electron chi connectivity index (χ3n) is 7.95. The molecule has 56 heavy (non-hydrogen) atoms. The van der Waals surface area contributed by atoms with Crippen molar-refractivity contribution < 1.29 is 33.4 Å². The summed E-state index contributed by atoms with van der Waals surface area (Å²) in [6, 6.07) is 5.60. The highest BCUT2D eigenvalue weighted by molar-refractivity contribution is 14.1. The van der Waals surface area contributed by atoms with Gasteiger partial charge >= 0.3 is 18.3 Å². The standard InChI is InChI=1S/C40H61IN8O7/c1-11-28-26-29(46-32-33-45-27-31(41)49(33)25-20-42-32)16-17-30(28)34(50)43-18-14-23-47(36(52)55-39(5,6)7)21-12-13-22-48(37(53)56-40(8,9)10)24-15-19-44-35(51)54-38(2,3)4/h16-17,20,25-27H,11-15,18-19,21-24H2,1-10H3,(H,42,46)(H,43,50)(H,44,51). The molecule has 4 amide bonds. The van der Waals surface area contributed by atoms with Crippen LogP contribution in [0.2, 0.25) is 0 Å². The van der Waals surface area contributed by atoms with E-state index in [4.69, 9.17) is 14.2 Å². The van der Waals surface area contributed by atoms with Gasteiger partial charge in [0.2, 0.25) is 0 Å². The lowest BCUT2D eigenvalue weighted by atomic mass is 10.0. The number of benzene rings is 1. The highest BCUT2D eigenvalue weighted by Crippen LogP contribution is 2.23. The van der Waals surface area contributed by atoms with E-state index >= 15 is 0 Å². The number of carbonyl (C=O) groups excluding carboxylic acids is 4. The van der Waals surface area contributed by atoms with Gasteiger partial charge in [0, 0.05) is 62.9 Å². The maximum atomic E-state index is 13.3. The molecule has 2 heterocycles. The molecule has 3 N–H and O–H groups in total. The molecule has 0 bridgehead atoms. The Morgan fingerprint density at radius 1 is 0.750 bits per heavy atom. The lowest BCUT2D eigenvalue weighted by Crippen LogP contribution is -2.40. The number of rotatable bonds is 17. The van der Waals surface area contributed by atoms with Crippen molar-refractivity contribution in [3.8, 4) is 0 Å². The minimum absolute atomic E-state index is 0.191. The van der Waals surface area contributed by atoms with Crippen molar-refractivity contribution >= 4 is 63.9 Å². The van der Waals surface area contributed by atoms with Crippen LogP contribution in [-0.2, 0) is 20.6 Å². The molecule has 0 aliphatic carbocycles. The molecule has 0 unspecified atom stereocenters. The van der Waals surface area contributed by atoms with Crippen LogP contribution in [0.15, 0.2) is 36.8 Å². The average Bonchev–Trinajstić information content (AvgIpc) is 3.46. The number of fused-ring (bicyclic) bond motifs is 1. The molecule has 0 aliphatic heterocycles. The van der Waals surface area contributed by atoms with Gasteiger partial charge in [-0.3, -0.25) is 9.20 Å². The van der Waals surface area contributed by atoms with E-state index in [2.05, 4.69) is 48.5 Å². The first kappa shape index (κ1) is 46.0. The largest absolute Gasteiger partial charge is 0.444 e. The number of nitrogens with one attached hydrogen (secondary N) is 3. The van der Waals surface area contributed by atoms with Crippen LogP contribution in [-0.4, -0.2) is 104 Å². The summed E-state index contributed by atoms with van der Waals surface area (Å²) in [7, 11) is 0. The summed E-state index contributed by atoms with van der Waals surface area (Å²) in [4.78, 5) is 63.8. The predicted octanol–water partition coefficient (Wildman–Crippen LogP) is 7.93. The zero-order valence-corrected chi connectivity index (χ0v) is 36.9. The van der Waals surface area contributed by atoms with E-state index in [1.165, 1.54) is 0 Å². The van der Waals surface area contributed by atoms with Gasteiger partial charge in [0.1, 0.15) is 20.5 Å². The van der Waals surface area contributed by atoms with Crippen LogP contribution >= 0.6 is 22.6 Å². The highest BCUT2D eigenvalue weighted by atomic mass is 127. The van der Waals surface area contributed by atoms with Crippen molar-refractivity contribution in [1.29, 1.82) is 0 Å². The number of hydrogen-bond donors (Lipinski definition) is 3. The molecule has 3 aromatic rings. The molecule has 16 heteroatoms. The topological polar surface area (TPSA) is 169 Å². The fraction of sp³-hybridized carbons (Fsp3) is 0.600. The van der Waals surface area contributed by atoms with E-state index in [0.717, 1.165) is 15.0 Å². The van der Waals surface area contributed by atoms with E-state index < -0.39 is 35.1 Å². The van der Waals surface area contributed by atoms with E-state index in [9.17, 15) is 19.2 Å². The van der Waals surface area contributed by atoms with E-state index in [1.807, 2.05) is 71.2 Å². The Morgan fingerprint density at radius 2 is 1.29 bits per heavy atom. The number of amides is 4. The van der Waals surface area contributed by atoms with Crippen molar-refractivity contribution in [3.63, 3.8) is 0 Å². The molecule has 0 aliphatic rings. The highest BCUT2D eigenvalue weighted by Gasteiger charge is 2.24. The van der Waals surface area contributed by atoms with Gasteiger partial charge in [-0.15, -0.1) is 0 Å². The summed E-state index contributed by atoms with van der Waals surface area (Å²) in [6.07, 6.45) is 6.84. The van der Waals surface area contributed by atoms with Gasteiger partial charge in [0.25, 0.3) is 5.91 Å². The number of imidazole rings is 1. The lowest BCUT2D eigenvalue weighted by Gasteiger charge is -2.29. The van der Waals surface area contributed by atoms with Crippen molar-refractivity contribution in [1.82, 2.24) is 34.8 Å². The molecular weight excluding hydrogens is 831 g/mol. The van der Waals surface area contributed by atoms with Gasteiger partial charge in [-0.05, 0) is 141 Å². The maximum Gasteiger partial charge on any atom is 0.410 e. The first-order chi connectivity index (χ1) is 26.2. The third kappa shape index (κ3) is 16.0. The van der Waals surface area contributed by atoms with Gasteiger partial charge < -0.3 is 40.0 Å². The predicted molar refractivity (Wildman–Crippen MR) is 225 cm³/mol. The fourth-order valence-electron chi connectivity index (χ4n) is 5.49. The summed E-state index contributed by atoms with van der Waals surface area (Å²) in [5.41, 5.74) is 1.02. The van der Waals surface area contributed by atoms with Crippen molar-refractivity contribution in [2.45, 2.75) is 118 Å². The molecule has 0 fully saturated rings. The maximum absolute atomic E-state index is 13.3.